The van der Waals surface area contributed by atoms with E-state index in [1.54, 1.807) is 0 Å². The molecule has 0 fully saturated rings. The Labute approximate surface area is 63.0 Å². The molecule has 0 radical (unpaired) electrons. The molecule has 2 unspecified atom stereocenters. The largest absolute Gasteiger partial charge is 0.372 e. The molecular weight excluding hydrogens is 122 g/mol. The minimum absolute atomic E-state index is 0.595. The second-order valence-electron chi connectivity index (χ2n) is 3.06. The predicted octanol–water partition coefficient (Wildman–Crippen LogP) is 2.03. The number of allylic oxidation sites excluding steroid dienone is 1. The van der Waals surface area contributed by atoms with Gasteiger partial charge < -0.3 is 4.90 Å². The van der Waals surface area contributed by atoms with Gasteiger partial charge >= 0.3 is 0 Å². The van der Waals surface area contributed by atoms with Gasteiger partial charge in [0.1, 0.15) is 0 Å². The second kappa shape index (κ2) is 2.49. The van der Waals surface area contributed by atoms with Crippen molar-refractivity contribution in [3.63, 3.8) is 0 Å². The number of nitrogens with zero attached hydrogens (tertiary/aromatic N) is 1. The van der Waals surface area contributed by atoms with Crippen molar-refractivity contribution in [2.24, 2.45) is 5.92 Å². The van der Waals surface area contributed by atoms with E-state index in [-0.39, 0.29) is 0 Å². The van der Waals surface area contributed by atoms with Crippen molar-refractivity contribution in [3.8, 4) is 0 Å². The minimum atomic E-state index is 0.595. The molecule has 0 spiro atoms. The number of likely N-dealkylation sites (N-methyl/N-ethyl adjacent to an activating group) is 1. The maximum Gasteiger partial charge on any atom is 0.0318 e. The highest BCUT2D eigenvalue weighted by Gasteiger charge is 2.18. The summed E-state index contributed by atoms with van der Waals surface area (Å²) in [6.45, 7) is 8.37. The molecule has 0 saturated carbocycles. The van der Waals surface area contributed by atoms with E-state index in [2.05, 4.69) is 44.5 Å². The molecule has 56 valence electrons. The quantitative estimate of drug-likeness (QED) is 0.494. The van der Waals surface area contributed by atoms with Gasteiger partial charge in [0.25, 0.3) is 0 Å². The average Bonchev–Trinajstić information content (AvgIpc) is 1.93. The Balaban J connectivity index is 2.79. The lowest BCUT2D eigenvalue weighted by atomic mass is 9.98. The van der Waals surface area contributed by atoms with Crippen molar-refractivity contribution >= 4 is 0 Å². The van der Waals surface area contributed by atoms with Crippen LogP contribution in [0.4, 0.5) is 0 Å². The molecular formula is C9H15N. The van der Waals surface area contributed by atoms with Crippen LogP contribution in [0.5, 0.6) is 0 Å². The Morgan fingerprint density at radius 1 is 1.50 bits per heavy atom. The highest BCUT2D eigenvalue weighted by Crippen LogP contribution is 2.20. The van der Waals surface area contributed by atoms with Crippen LogP contribution in [0.2, 0.25) is 0 Å². The summed E-state index contributed by atoms with van der Waals surface area (Å²) in [5.41, 5.74) is 1.12. The molecule has 0 bridgehead atoms. The lowest BCUT2D eigenvalue weighted by Gasteiger charge is -2.34. The van der Waals surface area contributed by atoms with Gasteiger partial charge in [0.2, 0.25) is 0 Å². The van der Waals surface area contributed by atoms with Gasteiger partial charge in [-0.2, -0.15) is 0 Å². The number of rotatable bonds is 0. The monoisotopic (exact) mass is 137 g/mol. The van der Waals surface area contributed by atoms with E-state index in [1.807, 2.05) is 0 Å². The van der Waals surface area contributed by atoms with Crippen molar-refractivity contribution < 1.29 is 0 Å². The Bertz CT molecular complexity index is 170. The van der Waals surface area contributed by atoms with E-state index in [4.69, 9.17) is 0 Å². The summed E-state index contributed by atoms with van der Waals surface area (Å²) >= 11 is 0. The molecule has 1 aliphatic rings. The summed E-state index contributed by atoms with van der Waals surface area (Å²) in [6, 6.07) is 0.595. The smallest absolute Gasteiger partial charge is 0.0318 e. The summed E-state index contributed by atoms with van der Waals surface area (Å²) in [4.78, 5) is 2.21. The maximum absolute atomic E-state index is 3.92. The van der Waals surface area contributed by atoms with E-state index in [0.29, 0.717) is 12.0 Å². The van der Waals surface area contributed by atoms with Gasteiger partial charge in [-0.1, -0.05) is 19.6 Å². The number of hydrogen-bond acceptors (Lipinski definition) is 1. The van der Waals surface area contributed by atoms with Crippen molar-refractivity contribution in [1.29, 1.82) is 0 Å². The van der Waals surface area contributed by atoms with Gasteiger partial charge in [0, 0.05) is 18.8 Å². The number of hydrogen-bond donors (Lipinski definition) is 0. The van der Waals surface area contributed by atoms with Crippen LogP contribution in [-0.2, 0) is 0 Å². The standard InChI is InChI=1S/C9H15N/c1-7-5-6-8(2)10(4)9(7)3/h5-7,9H,2H2,1,3-4H3. The molecule has 0 aromatic carbocycles. The zero-order chi connectivity index (χ0) is 7.72. The third-order valence-electron chi connectivity index (χ3n) is 2.42. The fourth-order valence-electron chi connectivity index (χ4n) is 1.16. The van der Waals surface area contributed by atoms with Gasteiger partial charge in [-0.05, 0) is 18.9 Å². The molecule has 0 aromatic heterocycles. The maximum atomic E-state index is 3.92. The molecule has 1 nitrogen and oxygen atoms in total. The van der Waals surface area contributed by atoms with Crippen molar-refractivity contribution in [2.45, 2.75) is 19.9 Å². The molecule has 2 atom stereocenters. The Kier molecular flexibility index (Phi) is 1.84. The SMILES string of the molecule is C=C1C=CC(C)C(C)N1C. The normalized spacial score (nSPS) is 33.1. The third-order valence-corrected chi connectivity index (χ3v) is 2.42. The first kappa shape index (κ1) is 7.39. The van der Waals surface area contributed by atoms with Gasteiger partial charge in [0.15, 0.2) is 0 Å². The Hall–Kier alpha value is -0.720. The van der Waals surface area contributed by atoms with Gasteiger partial charge in [0.05, 0.1) is 0 Å². The van der Waals surface area contributed by atoms with Crippen LogP contribution in [0, 0.1) is 5.92 Å². The molecule has 0 amide bonds. The summed E-state index contributed by atoms with van der Waals surface area (Å²) in [6.07, 6.45) is 4.30. The van der Waals surface area contributed by atoms with E-state index in [9.17, 15) is 0 Å². The lowest BCUT2D eigenvalue weighted by molar-refractivity contribution is 0.272. The zero-order valence-corrected chi connectivity index (χ0v) is 6.96. The summed E-state index contributed by atoms with van der Waals surface area (Å²) < 4.78 is 0. The van der Waals surface area contributed by atoms with E-state index in [1.165, 1.54) is 0 Å². The topological polar surface area (TPSA) is 3.24 Å². The highest BCUT2D eigenvalue weighted by atomic mass is 15.1. The van der Waals surface area contributed by atoms with Gasteiger partial charge in [-0.15, -0.1) is 0 Å². The molecule has 0 aromatic rings. The molecule has 0 aliphatic carbocycles. The fourth-order valence-corrected chi connectivity index (χ4v) is 1.16. The van der Waals surface area contributed by atoms with Gasteiger partial charge in [-0.3, -0.25) is 0 Å². The van der Waals surface area contributed by atoms with Crippen LogP contribution in [0.15, 0.2) is 24.4 Å². The Morgan fingerprint density at radius 3 is 2.60 bits per heavy atom. The van der Waals surface area contributed by atoms with E-state index >= 15 is 0 Å². The molecule has 10 heavy (non-hydrogen) atoms. The van der Waals surface area contributed by atoms with Crippen molar-refractivity contribution in [3.05, 3.63) is 24.4 Å². The molecule has 1 rings (SSSR count). The van der Waals surface area contributed by atoms with Crippen LogP contribution in [-0.4, -0.2) is 18.0 Å². The first-order valence-electron chi connectivity index (χ1n) is 3.73. The van der Waals surface area contributed by atoms with Gasteiger partial charge in [-0.25, -0.2) is 0 Å². The van der Waals surface area contributed by atoms with Crippen molar-refractivity contribution in [1.82, 2.24) is 4.90 Å². The summed E-state index contributed by atoms with van der Waals surface area (Å²) in [5, 5.41) is 0. The predicted molar refractivity (Wildman–Crippen MR) is 44.7 cm³/mol. The highest BCUT2D eigenvalue weighted by molar-refractivity contribution is 5.19. The van der Waals surface area contributed by atoms with Crippen LogP contribution in [0.3, 0.4) is 0 Å². The second-order valence-corrected chi connectivity index (χ2v) is 3.06. The lowest BCUT2D eigenvalue weighted by Crippen LogP contribution is -2.34. The third kappa shape index (κ3) is 1.08. The minimum Gasteiger partial charge on any atom is -0.372 e. The summed E-state index contributed by atoms with van der Waals surface area (Å²) in [7, 11) is 2.09. The first-order chi connectivity index (χ1) is 4.63. The van der Waals surface area contributed by atoms with E-state index < -0.39 is 0 Å². The van der Waals surface area contributed by atoms with Crippen molar-refractivity contribution in [2.75, 3.05) is 7.05 Å². The fraction of sp³-hybridized carbons (Fsp3) is 0.556. The van der Waals surface area contributed by atoms with Crippen LogP contribution in [0.1, 0.15) is 13.8 Å². The average molecular weight is 137 g/mol. The van der Waals surface area contributed by atoms with Crippen LogP contribution < -0.4 is 0 Å². The van der Waals surface area contributed by atoms with Crippen LogP contribution >= 0.6 is 0 Å². The molecule has 1 aliphatic heterocycles. The van der Waals surface area contributed by atoms with Crippen LogP contribution in [0.25, 0.3) is 0 Å². The molecule has 0 saturated heterocycles. The summed E-state index contributed by atoms with van der Waals surface area (Å²) in [5.74, 6) is 0.649. The molecule has 1 heteroatoms. The first-order valence-corrected chi connectivity index (χ1v) is 3.73. The zero-order valence-electron chi connectivity index (χ0n) is 6.96. The Morgan fingerprint density at radius 2 is 2.10 bits per heavy atom. The molecule has 1 heterocycles. The molecule has 0 N–H and O–H groups in total. The van der Waals surface area contributed by atoms with E-state index in [0.717, 1.165) is 5.70 Å².